The van der Waals surface area contributed by atoms with Crippen molar-refractivity contribution in [3.8, 4) is 0 Å². The lowest BCUT2D eigenvalue weighted by molar-refractivity contribution is -0.137. The fourth-order valence-corrected chi connectivity index (χ4v) is 1.47. The minimum Gasteiger partial charge on any atom is -0.397 e. The highest BCUT2D eigenvalue weighted by atomic mass is 19.4. The second kappa shape index (κ2) is 7.84. The van der Waals surface area contributed by atoms with E-state index in [4.69, 9.17) is 15.2 Å². The summed E-state index contributed by atoms with van der Waals surface area (Å²) in [6, 6.07) is 2.77. The van der Waals surface area contributed by atoms with Gasteiger partial charge in [0.15, 0.2) is 0 Å². The molecule has 0 bridgehead atoms. The van der Waals surface area contributed by atoms with Gasteiger partial charge >= 0.3 is 6.18 Å². The number of carbonyl (C=O) groups is 1. The fraction of sp³-hybridized carbons (Fsp3) is 0.462. The molecule has 0 atom stereocenters. The van der Waals surface area contributed by atoms with Gasteiger partial charge in [-0.15, -0.1) is 0 Å². The van der Waals surface area contributed by atoms with Crippen molar-refractivity contribution in [3.63, 3.8) is 0 Å². The number of amides is 1. The molecule has 0 radical (unpaired) electrons. The molecule has 0 fully saturated rings. The van der Waals surface area contributed by atoms with Gasteiger partial charge in [-0.3, -0.25) is 4.79 Å². The van der Waals surface area contributed by atoms with Crippen LogP contribution in [0.2, 0.25) is 0 Å². The van der Waals surface area contributed by atoms with E-state index in [1.54, 1.807) is 0 Å². The average Bonchev–Trinajstić information content (AvgIpc) is 2.39. The lowest BCUT2D eigenvalue weighted by Crippen LogP contribution is -2.16. The van der Waals surface area contributed by atoms with Crippen molar-refractivity contribution >= 4 is 17.3 Å². The van der Waals surface area contributed by atoms with E-state index in [-0.39, 0.29) is 30.3 Å². The first-order valence-corrected chi connectivity index (χ1v) is 6.18. The maximum absolute atomic E-state index is 12.5. The highest BCUT2D eigenvalue weighted by Gasteiger charge is 2.30. The molecule has 3 N–H and O–H groups in total. The third-order valence-corrected chi connectivity index (χ3v) is 2.56. The summed E-state index contributed by atoms with van der Waals surface area (Å²) < 4.78 is 47.3. The van der Waals surface area contributed by atoms with Crippen LogP contribution in [0.4, 0.5) is 24.5 Å². The minimum atomic E-state index is -4.47. The fourth-order valence-electron chi connectivity index (χ4n) is 1.47. The number of rotatable bonds is 7. The van der Waals surface area contributed by atoms with E-state index in [9.17, 15) is 18.0 Å². The number of benzene rings is 1. The molecule has 0 aliphatic rings. The second-order valence-electron chi connectivity index (χ2n) is 4.20. The number of alkyl halides is 3. The number of carbonyl (C=O) groups excluding carboxylic acids is 1. The Labute approximate surface area is 120 Å². The van der Waals surface area contributed by atoms with Gasteiger partial charge in [-0.2, -0.15) is 13.2 Å². The standard InChI is InChI=1S/C13H17F3N2O3/c1-20-6-7-21-5-4-12(19)18-11-3-2-9(8-10(11)17)13(14,15)16/h2-3,8H,4-7,17H2,1H3,(H,18,19). The summed E-state index contributed by atoms with van der Waals surface area (Å²) in [4.78, 5) is 11.6. The number of nitrogens with one attached hydrogen (secondary N) is 1. The van der Waals surface area contributed by atoms with Gasteiger partial charge in [0, 0.05) is 7.11 Å². The number of nitrogens with two attached hydrogens (primary N) is 1. The zero-order chi connectivity index (χ0) is 15.9. The van der Waals surface area contributed by atoms with Crippen LogP contribution in [-0.4, -0.2) is 32.8 Å². The highest BCUT2D eigenvalue weighted by molar-refractivity contribution is 5.93. The first-order valence-electron chi connectivity index (χ1n) is 6.18. The first-order chi connectivity index (χ1) is 9.84. The van der Waals surface area contributed by atoms with Crippen LogP contribution in [0.5, 0.6) is 0 Å². The van der Waals surface area contributed by atoms with Crippen LogP contribution < -0.4 is 11.1 Å². The predicted molar refractivity (Wildman–Crippen MR) is 71.8 cm³/mol. The zero-order valence-corrected chi connectivity index (χ0v) is 11.5. The number of hydrogen-bond donors (Lipinski definition) is 2. The highest BCUT2D eigenvalue weighted by Crippen LogP contribution is 2.32. The van der Waals surface area contributed by atoms with Crippen LogP contribution in [0.1, 0.15) is 12.0 Å². The molecule has 1 amide bonds. The van der Waals surface area contributed by atoms with Crippen molar-refractivity contribution in [1.82, 2.24) is 0 Å². The Kier molecular flexibility index (Phi) is 6.44. The molecule has 0 heterocycles. The third kappa shape index (κ3) is 6.01. The Hall–Kier alpha value is -1.80. The molecule has 0 spiro atoms. The lowest BCUT2D eigenvalue weighted by Gasteiger charge is -2.12. The summed E-state index contributed by atoms with van der Waals surface area (Å²) in [6.07, 6.45) is -4.39. The maximum atomic E-state index is 12.5. The minimum absolute atomic E-state index is 0.0736. The Balaban J connectivity index is 2.49. The number of nitrogen functional groups attached to an aromatic ring is 1. The van der Waals surface area contributed by atoms with E-state index >= 15 is 0 Å². The van der Waals surface area contributed by atoms with Gasteiger partial charge in [0.1, 0.15) is 0 Å². The Morgan fingerprint density at radius 1 is 1.29 bits per heavy atom. The molecule has 5 nitrogen and oxygen atoms in total. The van der Waals surface area contributed by atoms with Crippen molar-refractivity contribution in [2.45, 2.75) is 12.6 Å². The molecule has 0 aliphatic heterocycles. The van der Waals surface area contributed by atoms with Gasteiger partial charge in [0.2, 0.25) is 5.91 Å². The quantitative estimate of drug-likeness (QED) is 0.599. The molecule has 0 saturated heterocycles. The Morgan fingerprint density at radius 3 is 2.57 bits per heavy atom. The second-order valence-corrected chi connectivity index (χ2v) is 4.20. The SMILES string of the molecule is COCCOCCC(=O)Nc1ccc(C(F)(F)F)cc1N. The molecule has 0 unspecified atom stereocenters. The predicted octanol–water partition coefficient (Wildman–Crippen LogP) is 2.28. The zero-order valence-electron chi connectivity index (χ0n) is 11.5. The summed E-state index contributed by atoms with van der Waals surface area (Å²) in [5, 5.41) is 2.44. The molecular weight excluding hydrogens is 289 g/mol. The van der Waals surface area contributed by atoms with E-state index in [1.165, 1.54) is 7.11 Å². The average molecular weight is 306 g/mol. The third-order valence-electron chi connectivity index (χ3n) is 2.56. The van der Waals surface area contributed by atoms with E-state index in [2.05, 4.69) is 5.32 Å². The monoisotopic (exact) mass is 306 g/mol. The molecule has 118 valence electrons. The molecule has 1 aromatic rings. The van der Waals surface area contributed by atoms with Crippen LogP contribution in [-0.2, 0) is 20.4 Å². The number of methoxy groups -OCH3 is 1. The first kappa shape index (κ1) is 17.3. The van der Waals surface area contributed by atoms with E-state index in [0.717, 1.165) is 18.2 Å². The molecule has 0 saturated carbocycles. The number of ether oxygens (including phenoxy) is 2. The van der Waals surface area contributed by atoms with Gasteiger partial charge in [0.05, 0.1) is 43.2 Å². The number of hydrogen-bond acceptors (Lipinski definition) is 4. The summed E-state index contributed by atoms with van der Waals surface area (Å²) in [7, 11) is 1.53. The van der Waals surface area contributed by atoms with Crippen LogP contribution in [0.3, 0.4) is 0 Å². The topological polar surface area (TPSA) is 73.6 Å². The van der Waals surface area contributed by atoms with Crippen LogP contribution in [0.25, 0.3) is 0 Å². The lowest BCUT2D eigenvalue weighted by atomic mass is 10.1. The smallest absolute Gasteiger partial charge is 0.397 e. The van der Waals surface area contributed by atoms with Crippen LogP contribution in [0.15, 0.2) is 18.2 Å². The molecular formula is C13H17F3N2O3. The number of anilines is 2. The summed E-state index contributed by atoms with van der Waals surface area (Å²) in [6.45, 7) is 0.982. The molecule has 21 heavy (non-hydrogen) atoms. The Bertz CT molecular complexity index is 478. The van der Waals surface area contributed by atoms with E-state index < -0.39 is 11.7 Å². The summed E-state index contributed by atoms with van der Waals surface area (Å²) in [5.74, 6) is -0.390. The van der Waals surface area contributed by atoms with Gasteiger partial charge in [-0.1, -0.05) is 0 Å². The molecule has 8 heteroatoms. The van der Waals surface area contributed by atoms with Crippen molar-refractivity contribution < 1.29 is 27.4 Å². The van der Waals surface area contributed by atoms with Crippen molar-refractivity contribution in [2.24, 2.45) is 0 Å². The van der Waals surface area contributed by atoms with Gasteiger partial charge < -0.3 is 20.5 Å². The van der Waals surface area contributed by atoms with Crippen LogP contribution in [0, 0.1) is 0 Å². The summed E-state index contributed by atoms with van der Waals surface area (Å²) >= 11 is 0. The maximum Gasteiger partial charge on any atom is 0.416 e. The van der Waals surface area contributed by atoms with Crippen molar-refractivity contribution in [2.75, 3.05) is 38.0 Å². The number of halogens is 3. The van der Waals surface area contributed by atoms with E-state index in [0.29, 0.717) is 13.2 Å². The van der Waals surface area contributed by atoms with Gasteiger partial charge in [-0.25, -0.2) is 0 Å². The largest absolute Gasteiger partial charge is 0.416 e. The van der Waals surface area contributed by atoms with Gasteiger partial charge in [0.25, 0.3) is 0 Å². The molecule has 0 aromatic heterocycles. The van der Waals surface area contributed by atoms with Crippen LogP contribution >= 0.6 is 0 Å². The summed E-state index contributed by atoms with van der Waals surface area (Å²) in [5.41, 5.74) is 4.64. The Morgan fingerprint density at radius 2 is 2.00 bits per heavy atom. The van der Waals surface area contributed by atoms with Crippen molar-refractivity contribution in [1.29, 1.82) is 0 Å². The van der Waals surface area contributed by atoms with Crippen molar-refractivity contribution in [3.05, 3.63) is 23.8 Å². The normalized spacial score (nSPS) is 11.4. The molecule has 0 aliphatic carbocycles. The molecule has 1 aromatic carbocycles. The van der Waals surface area contributed by atoms with E-state index in [1.807, 2.05) is 0 Å². The molecule has 1 rings (SSSR count). The van der Waals surface area contributed by atoms with Gasteiger partial charge in [-0.05, 0) is 18.2 Å².